The average molecular weight is 407 g/mol. The minimum Gasteiger partial charge on any atom is -0.348 e. The molecule has 2 aromatic carbocycles. The van der Waals surface area contributed by atoms with Crippen LogP contribution in [0.5, 0.6) is 0 Å². The third kappa shape index (κ3) is 3.34. The van der Waals surface area contributed by atoms with Gasteiger partial charge in [-0.1, -0.05) is 17.7 Å². The molecule has 1 heterocycles. The van der Waals surface area contributed by atoms with Gasteiger partial charge in [0.15, 0.2) is 0 Å². The maximum Gasteiger partial charge on any atom is 0.251 e. The van der Waals surface area contributed by atoms with E-state index in [1.165, 1.54) is 12.1 Å². The third-order valence-corrected chi connectivity index (χ3v) is 5.58. The monoisotopic (exact) mass is 406 g/mol. The van der Waals surface area contributed by atoms with E-state index < -0.39 is 11.2 Å². The smallest absolute Gasteiger partial charge is 0.251 e. The van der Waals surface area contributed by atoms with Gasteiger partial charge in [-0.05, 0) is 60.9 Å². The van der Waals surface area contributed by atoms with Crippen LogP contribution >= 0.6 is 11.6 Å². The number of aromatic nitrogens is 2. The van der Waals surface area contributed by atoms with Crippen LogP contribution < -0.4 is 5.32 Å². The van der Waals surface area contributed by atoms with E-state index in [0.29, 0.717) is 28.9 Å². The van der Waals surface area contributed by atoms with Crippen molar-refractivity contribution in [2.24, 2.45) is 0 Å². The van der Waals surface area contributed by atoms with Crippen molar-refractivity contribution < 1.29 is 9.18 Å². The minimum absolute atomic E-state index is 0.0344. The highest BCUT2D eigenvalue weighted by Gasteiger charge is 2.60. The highest BCUT2D eigenvalue weighted by atomic mass is 35.5. The molecule has 0 spiro atoms. The molecule has 3 aromatic rings. The molecule has 7 heteroatoms. The largest absolute Gasteiger partial charge is 0.348 e. The molecule has 0 saturated heterocycles. The van der Waals surface area contributed by atoms with Crippen molar-refractivity contribution in [1.29, 1.82) is 5.26 Å². The second kappa shape index (κ2) is 7.26. The standard InChI is InChI=1S/C22H16ClFN4O/c1-13-9-14(3-4-15(13)12-25)20(29)28-19-11-22(19,21-26-7-2-8-27-21)16-5-6-17(23)18(24)10-16/h2-10,19H,11H2,1H3,(H,28,29). The highest BCUT2D eigenvalue weighted by molar-refractivity contribution is 6.30. The van der Waals surface area contributed by atoms with E-state index in [4.69, 9.17) is 16.9 Å². The number of hydrogen-bond donors (Lipinski definition) is 1. The van der Waals surface area contributed by atoms with E-state index in [2.05, 4.69) is 21.4 Å². The van der Waals surface area contributed by atoms with Crippen LogP contribution in [0.2, 0.25) is 5.02 Å². The molecule has 144 valence electrons. The Morgan fingerprint density at radius 1 is 1.28 bits per heavy atom. The number of carbonyl (C=O) groups is 1. The molecular formula is C22H16ClFN4O. The number of benzene rings is 2. The lowest BCUT2D eigenvalue weighted by Gasteiger charge is -2.18. The summed E-state index contributed by atoms with van der Waals surface area (Å²) in [6, 6.07) is 13.0. The lowest BCUT2D eigenvalue weighted by atomic mass is 9.93. The molecule has 2 atom stereocenters. The number of nitrogens with one attached hydrogen (secondary N) is 1. The van der Waals surface area contributed by atoms with Gasteiger partial charge in [0.1, 0.15) is 11.6 Å². The Labute approximate surface area is 172 Å². The number of aryl methyl sites for hydroxylation is 1. The molecule has 1 amide bonds. The van der Waals surface area contributed by atoms with Crippen LogP contribution in [0.3, 0.4) is 0 Å². The topological polar surface area (TPSA) is 78.7 Å². The van der Waals surface area contributed by atoms with Crippen LogP contribution in [0.15, 0.2) is 54.9 Å². The fraction of sp³-hybridized carbons (Fsp3) is 0.182. The fourth-order valence-electron chi connectivity index (χ4n) is 3.61. The van der Waals surface area contributed by atoms with Crippen molar-refractivity contribution in [3.63, 3.8) is 0 Å². The SMILES string of the molecule is Cc1cc(C(=O)NC2CC2(c2ccc(Cl)c(F)c2)c2ncccn2)ccc1C#N. The van der Waals surface area contributed by atoms with Crippen molar-refractivity contribution in [3.8, 4) is 6.07 Å². The normalized spacial score (nSPS) is 20.0. The second-order valence-corrected chi connectivity index (χ2v) is 7.45. The predicted octanol–water partition coefficient (Wildman–Crippen LogP) is 3.94. The first-order chi connectivity index (χ1) is 14.0. The number of nitrogens with zero attached hydrogens (tertiary/aromatic N) is 3. The molecule has 29 heavy (non-hydrogen) atoms. The number of carbonyl (C=O) groups excluding carboxylic acids is 1. The Kier molecular flexibility index (Phi) is 4.77. The van der Waals surface area contributed by atoms with Gasteiger partial charge in [-0.25, -0.2) is 14.4 Å². The van der Waals surface area contributed by atoms with Crippen molar-refractivity contribution in [2.75, 3.05) is 0 Å². The predicted molar refractivity (Wildman–Crippen MR) is 106 cm³/mol. The van der Waals surface area contributed by atoms with Crippen LogP contribution in [0.1, 0.15) is 39.3 Å². The molecule has 1 N–H and O–H groups in total. The number of rotatable bonds is 4. The zero-order valence-electron chi connectivity index (χ0n) is 15.5. The van der Waals surface area contributed by atoms with Gasteiger partial charge in [-0.15, -0.1) is 0 Å². The fourth-order valence-corrected chi connectivity index (χ4v) is 3.73. The molecule has 0 radical (unpaired) electrons. The Morgan fingerprint density at radius 2 is 2.03 bits per heavy atom. The van der Waals surface area contributed by atoms with Crippen LogP contribution in [-0.2, 0) is 5.41 Å². The summed E-state index contributed by atoms with van der Waals surface area (Å²) in [4.78, 5) is 21.5. The van der Waals surface area contributed by atoms with Gasteiger partial charge in [0.25, 0.3) is 5.91 Å². The Morgan fingerprint density at radius 3 is 2.69 bits per heavy atom. The van der Waals surface area contributed by atoms with E-state index >= 15 is 0 Å². The summed E-state index contributed by atoms with van der Waals surface area (Å²) in [5.74, 6) is -0.281. The van der Waals surface area contributed by atoms with Gasteiger partial charge in [0.2, 0.25) is 0 Å². The van der Waals surface area contributed by atoms with Crippen molar-refractivity contribution in [1.82, 2.24) is 15.3 Å². The summed E-state index contributed by atoms with van der Waals surface area (Å²) in [7, 11) is 0. The molecule has 1 aromatic heterocycles. The minimum atomic E-state index is -0.718. The van der Waals surface area contributed by atoms with Gasteiger partial charge in [-0.2, -0.15) is 5.26 Å². The average Bonchev–Trinajstić information content (AvgIpc) is 3.45. The second-order valence-electron chi connectivity index (χ2n) is 7.04. The molecule has 1 fully saturated rings. The molecule has 2 unspecified atom stereocenters. The Hall–Kier alpha value is -3.30. The van der Waals surface area contributed by atoms with Crippen LogP contribution in [0.4, 0.5) is 4.39 Å². The number of halogens is 2. The Balaban J connectivity index is 1.66. The van der Waals surface area contributed by atoms with E-state index in [1.54, 1.807) is 49.6 Å². The maximum absolute atomic E-state index is 14.1. The lowest BCUT2D eigenvalue weighted by molar-refractivity contribution is 0.0948. The quantitative estimate of drug-likeness (QED) is 0.711. The van der Waals surface area contributed by atoms with Crippen molar-refractivity contribution >= 4 is 17.5 Å². The molecule has 1 aliphatic carbocycles. The molecule has 0 bridgehead atoms. The molecule has 1 aliphatic rings. The van der Waals surface area contributed by atoms with Crippen molar-refractivity contribution in [2.45, 2.75) is 24.8 Å². The van der Waals surface area contributed by atoms with Crippen LogP contribution in [0.25, 0.3) is 0 Å². The van der Waals surface area contributed by atoms with Gasteiger partial charge in [0.05, 0.1) is 22.1 Å². The van der Waals surface area contributed by atoms with E-state index in [0.717, 1.165) is 5.56 Å². The summed E-state index contributed by atoms with van der Waals surface area (Å²) in [5, 5.41) is 12.1. The Bertz CT molecular complexity index is 1150. The van der Waals surface area contributed by atoms with Gasteiger partial charge in [-0.3, -0.25) is 4.79 Å². The van der Waals surface area contributed by atoms with E-state index in [-0.39, 0.29) is 17.0 Å². The summed E-state index contributed by atoms with van der Waals surface area (Å²) in [6.07, 6.45) is 3.79. The summed E-state index contributed by atoms with van der Waals surface area (Å²) >= 11 is 5.84. The number of nitriles is 1. The van der Waals surface area contributed by atoms with Gasteiger partial charge in [0, 0.05) is 24.0 Å². The first kappa shape index (κ1) is 19.0. The highest BCUT2D eigenvalue weighted by Crippen LogP contribution is 2.52. The zero-order valence-corrected chi connectivity index (χ0v) is 16.2. The first-order valence-corrected chi connectivity index (χ1v) is 9.38. The molecular weight excluding hydrogens is 391 g/mol. The molecule has 0 aliphatic heterocycles. The van der Waals surface area contributed by atoms with Gasteiger partial charge >= 0.3 is 0 Å². The van der Waals surface area contributed by atoms with Crippen LogP contribution in [0, 0.1) is 24.1 Å². The summed E-state index contributed by atoms with van der Waals surface area (Å²) < 4.78 is 14.1. The molecule has 4 rings (SSSR count). The molecule has 1 saturated carbocycles. The van der Waals surface area contributed by atoms with E-state index in [1.807, 2.05) is 0 Å². The summed E-state index contributed by atoms with van der Waals surface area (Å²) in [6.45, 7) is 1.78. The lowest BCUT2D eigenvalue weighted by Crippen LogP contribution is -2.32. The summed E-state index contributed by atoms with van der Waals surface area (Å²) in [5.41, 5.74) is 1.65. The zero-order chi connectivity index (χ0) is 20.6. The van der Waals surface area contributed by atoms with E-state index in [9.17, 15) is 9.18 Å². The molecule has 5 nitrogen and oxygen atoms in total. The first-order valence-electron chi connectivity index (χ1n) is 9.00. The maximum atomic E-state index is 14.1. The van der Waals surface area contributed by atoms with Gasteiger partial charge < -0.3 is 5.32 Å². The number of amides is 1. The number of hydrogen-bond acceptors (Lipinski definition) is 4. The van der Waals surface area contributed by atoms with Crippen LogP contribution in [-0.4, -0.2) is 21.9 Å². The third-order valence-electron chi connectivity index (χ3n) is 5.27. The van der Waals surface area contributed by atoms with Crippen molar-refractivity contribution in [3.05, 3.63) is 93.8 Å².